The van der Waals surface area contributed by atoms with Gasteiger partial charge in [0, 0.05) is 6.42 Å². The SMILES string of the molecule is CCCCCCCCCCCCCCCCCCCCCCCCC/C=C/C(O)C(CO)NC(=O)CCCCCCCCCCCCCCCCCCCCCCCCCCCCCCCCCCCCCCCCC. The van der Waals surface area contributed by atoms with Crippen LogP contribution in [0.1, 0.15) is 425 Å². The Balaban J connectivity index is 3.36. The van der Waals surface area contributed by atoms with E-state index in [1.807, 2.05) is 6.08 Å². The minimum Gasteiger partial charge on any atom is -0.394 e. The first-order valence-electron chi connectivity index (χ1n) is 35.9. The number of aliphatic hydroxyl groups excluding tert-OH is 2. The molecule has 0 bridgehead atoms. The molecule has 2 atom stereocenters. The number of carbonyl (C=O) groups is 1. The van der Waals surface area contributed by atoms with E-state index in [0.717, 1.165) is 25.7 Å². The van der Waals surface area contributed by atoms with Crippen molar-refractivity contribution in [3.05, 3.63) is 12.2 Å². The second-order valence-corrected chi connectivity index (χ2v) is 25.0. The van der Waals surface area contributed by atoms with Crippen molar-refractivity contribution in [2.24, 2.45) is 0 Å². The van der Waals surface area contributed by atoms with E-state index in [-0.39, 0.29) is 12.5 Å². The van der Waals surface area contributed by atoms with Crippen molar-refractivity contribution in [2.45, 2.75) is 437 Å². The van der Waals surface area contributed by atoms with E-state index < -0.39 is 12.1 Å². The van der Waals surface area contributed by atoms with Gasteiger partial charge in [0.1, 0.15) is 0 Å². The minimum absolute atomic E-state index is 0.0529. The van der Waals surface area contributed by atoms with Gasteiger partial charge in [0.05, 0.1) is 18.8 Å². The van der Waals surface area contributed by atoms with Crippen LogP contribution < -0.4 is 5.32 Å². The van der Waals surface area contributed by atoms with Crippen LogP contribution in [0.4, 0.5) is 0 Å². The van der Waals surface area contributed by atoms with Gasteiger partial charge >= 0.3 is 0 Å². The molecule has 0 aromatic rings. The first kappa shape index (κ1) is 75.1. The van der Waals surface area contributed by atoms with Crippen molar-refractivity contribution in [1.82, 2.24) is 5.32 Å². The van der Waals surface area contributed by atoms with Gasteiger partial charge in [-0.25, -0.2) is 0 Å². The molecule has 4 heteroatoms. The second-order valence-electron chi connectivity index (χ2n) is 25.0. The Kier molecular flexibility index (Phi) is 67.6. The molecular formula is C72H143NO3. The van der Waals surface area contributed by atoms with Crippen LogP contribution in [0.5, 0.6) is 0 Å². The quantitative estimate of drug-likeness (QED) is 0.0420. The van der Waals surface area contributed by atoms with E-state index in [1.54, 1.807) is 6.08 Å². The predicted octanol–water partition coefficient (Wildman–Crippen LogP) is 24.4. The number of hydrogen-bond donors (Lipinski definition) is 3. The Labute approximate surface area is 479 Å². The molecule has 76 heavy (non-hydrogen) atoms. The lowest BCUT2D eigenvalue weighted by Gasteiger charge is -2.20. The fraction of sp³-hybridized carbons (Fsp3) is 0.958. The first-order valence-corrected chi connectivity index (χ1v) is 35.9. The van der Waals surface area contributed by atoms with Gasteiger partial charge < -0.3 is 15.5 Å². The van der Waals surface area contributed by atoms with E-state index >= 15 is 0 Å². The van der Waals surface area contributed by atoms with Gasteiger partial charge in [-0.3, -0.25) is 4.79 Å². The van der Waals surface area contributed by atoms with Crippen LogP contribution in [-0.2, 0) is 4.79 Å². The normalized spacial score (nSPS) is 12.6. The molecule has 0 spiro atoms. The first-order chi connectivity index (χ1) is 37.7. The molecule has 2 unspecified atom stereocenters. The summed E-state index contributed by atoms with van der Waals surface area (Å²) >= 11 is 0. The third kappa shape index (κ3) is 64.0. The summed E-state index contributed by atoms with van der Waals surface area (Å²) in [6, 6.07) is -0.620. The average Bonchev–Trinajstić information content (AvgIpc) is 3.42. The number of aliphatic hydroxyl groups is 2. The molecule has 0 aliphatic rings. The highest BCUT2D eigenvalue weighted by molar-refractivity contribution is 5.76. The van der Waals surface area contributed by atoms with Gasteiger partial charge in [-0.1, -0.05) is 411 Å². The summed E-state index contributed by atoms with van der Waals surface area (Å²) in [5.41, 5.74) is 0. The highest BCUT2D eigenvalue weighted by atomic mass is 16.3. The number of rotatable bonds is 68. The molecule has 0 saturated carbocycles. The van der Waals surface area contributed by atoms with Gasteiger partial charge in [-0.2, -0.15) is 0 Å². The summed E-state index contributed by atoms with van der Waals surface area (Å²) in [6.07, 6.45) is 91.8. The van der Waals surface area contributed by atoms with Gasteiger partial charge in [0.25, 0.3) is 0 Å². The molecule has 0 rings (SSSR count). The van der Waals surface area contributed by atoms with Crippen LogP contribution in [-0.4, -0.2) is 34.9 Å². The molecule has 1 amide bonds. The summed E-state index contributed by atoms with van der Waals surface area (Å²) in [7, 11) is 0. The molecule has 0 fully saturated rings. The zero-order valence-electron chi connectivity index (χ0n) is 52.6. The maximum Gasteiger partial charge on any atom is 0.220 e. The Morgan fingerprint density at radius 2 is 0.487 bits per heavy atom. The summed E-state index contributed by atoms with van der Waals surface area (Å²) in [5, 5.41) is 23.3. The molecule has 0 aromatic heterocycles. The molecule has 0 aliphatic carbocycles. The van der Waals surface area contributed by atoms with Gasteiger partial charge in [0.2, 0.25) is 5.91 Å². The van der Waals surface area contributed by atoms with Crippen LogP contribution in [0.25, 0.3) is 0 Å². The number of carbonyl (C=O) groups excluding carboxylic acids is 1. The number of unbranched alkanes of at least 4 members (excludes halogenated alkanes) is 61. The molecular weight excluding hydrogens is 927 g/mol. The monoisotopic (exact) mass is 1070 g/mol. The summed E-state index contributed by atoms with van der Waals surface area (Å²) in [4.78, 5) is 12.5. The maximum absolute atomic E-state index is 12.5. The van der Waals surface area contributed by atoms with Crippen LogP contribution in [0.3, 0.4) is 0 Å². The topological polar surface area (TPSA) is 69.6 Å². The fourth-order valence-electron chi connectivity index (χ4n) is 11.8. The number of nitrogens with one attached hydrogen (secondary N) is 1. The minimum atomic E-state index is -0.837. The van der Waals surface area contributed by atoms with Crippen molar-refractivity contribution in [2.75, 3.05) is 6.61 Å². The van der Waals surface area contributed by atoms with Gasteiger partial charge in [0.15, 0.2) is 0 Å². The van der Waals surface area contributed by atoms with Gasteiger partial charge in [-0.15, -0.1) is 0 Å². The van der Waals surface area contributed by atoms with E-state index in [1.165, 1.54) is 379 Å². The standard InChI is InChI=1S/C72H143NO3/c1-3-5-7-9-11-13-15-17-19-21-23-25-27-29-30-31-32-33-34-35-36-37-38-39-40-41-42-44-46-48-50-52-54-56-58-60-62-64-66-68-72(76)73-70(69-74)71(75)67-65-63-61-59-57-55-53-51-49-47-45-43-28-26-24-22-20-18-16-14-12-10-8-6-4-2/h65,67,70-71,74-75H,3-64,66,68-69H2,1-2H3,(H,73,76)/b67-65+. The van der Waals surface area contributed by atoms with Crippen LogP contribution in [0.15, 0.2) is 12.2 Å². The largest absolute Gasteiger partial charge is 0.394 e. The van der Waals surface area contributed by atoms with E-state index in [2.05, 4.69) is 19.2 Å². The van der Waals surface area contributed by atoms with Crippen LogP contribution in [0.2, 0.25) is 0 Å². The molecule has 0 radical (unpaired) electrons. The van der Waals surface area contributed by atoms with Crippen molar-refractivity contribution < 1.29 is 15.0 Å². The van der Waals surface area contributed by atoms with Crippen molar-refractivity contribution >= 4 is 5.91 Å². The smallest absolute Gasteiger partial charge is 0.220 e. The third-order valence-electron chi connectivity index (χ3n) is 17.3. The zero-order valence-corrected chi connectivity index (χ0v) is 52.6. The number of amides is 1. The van der Waals surface area contributed by atoms with Gasteiger partial charge in [-0.05, 0) is 19.3 Å². The molecule has 454 valence electrons. The zero-order chi connectivity index (χ0) is 54.8. The van der Waals surface area contributed by atoms with Crippen molar-refractivity contribution in [3.63, 3.8) is 0 Å². The van der Waals surface area contributed by atoms with E-state index in [9.17, 15) is 15.0 Å². The Bertz CT molecular complexity index is 1080. The van der Waals surface area contributed by atoms with Crippen molar-refractivity contribution in [3.8, 4) is 0 Å². The molecule has 0 saturated heterocycles. The molecule has 0 aromatic carbocycles. The Hall–Kier alpha value is -0.870. The molecule has 4 nitrogen and oxygen atoms in total. The Morgan fingerprint density at radius 3 is 0.684 bits per heavy atom. The summed E-state index contributed by atoms with van der Waals surface area (Å²) in [6.45, 7) is 4.37. The maximum atomic E-state index is 12.5. The third-order valence-corrected chi connectivity index (χ3v) is 17.3. The highest BCUT2D eigenvalue weighted by Gasteiger charge is 2.18. The second kappa shape index (κ2) is 68.4. The Morgan fingerprint density at radius 1 is 0.303 bits per heavy atom. The molecule has 0 aliphatic heterocycles. The lowest BCUT2D eigenvalue weighted by Crippen LogP contribution is -2.45. The summed E-state index contributed by atoms with van der Waals surface area (Å²) in [5.74, 6) is -0.0529. The molecule has 3 N–H and O–H groups in total. The fourth-order valence-corrected chi connectivity index (χ4v) is 11.8. The predicted molar refractivity (Wildman–Crippen MR) is 341 cm³/mol. The lowest BCUT2D eigenvalue weighted by molar-refractivity contribution is -0.123. The number of allylic oxidation sites excluding steroid dienone is 1. The summed E-state index contributed by atoms with van der Waals surface area (Å²) < 4.78 is 0. The molecule has 0 heterocycles. The lowest BCUT2D eigenvalue weighted by atomic mass is 10.0. The van der Waals surface area contributed by atoms with E-state index in [0.29, 0.717) is 6.42 Å². The highest BCUT2D eigenvalue weighted by Crippen LogP contribution is 2.20. The van der Waals surface area contributed by atoms with Crippen LogP contribution >= 0.6 is 0 Å². The van der Waals surface area contributed by atoms with E-state index in [4.69, 9.17) is 0 Å². The van der Waals surface area contributed by atoms with Crippen LogP contribution in [0, 0.1) is 0 Å². The number of hydrogen-bond acceptors (Lipinski definition) is 3. The van der Waals surface area contributed by atoms with Crippen molar-refractivity contribution in [1.29, 1.82) is 0 Å². The average molecular weight is 1070 g/mol.